The van der Waals surface area contributed by atoms with E-state index in [-0.39, 0.29) is 5.41 Å². The van der Waals surface area contributed by atoms with Crippen molar-refractivity contribution >= 4 is 5.57 Å². The molecule has 0 aliphatic heterocycles. The summed E-state index contributed by atoms with van der Waals surface area (Å²) >= 11 is 0. The number of hydrogen-bond donors (Lipinski definition) is 1. The van der Waals surface area contributed by atoms with Crippen LogP contribution in [0.25, 0.3) is 5.57 Å². The second kappa shape index (κ2) is 5.01. The minimum Gasteiger partial charge on any atom is -0.394 e. The molecule has 18 heavy (non-hydrogen) atoms. The molecular formula is C17H23N. The van der Waals surface area contributed by atoms with E-state index < -0.39 is 0 Å². The topological polar surface area (TPSA) is 12.0 Å². The van der Waals surface area contributed by atoms with Crippen molar-refractivity contribution in [1.82, 2.24) is 5.32 Å². The van der Waals surface area contributed by atoms with Crippen LogP contribution in [-0.4, -0.2) is 7.05 Å². The lowest BCUT2D eigenvalue weighted by atomic mass is 9.82. The summed E-state index contributed by atoms with van der Waals surface area (Å²) in [6, 6.07) is 8.78. The highest BCUT2D eigenvalue weighted by Crippen LogP contribution is 2.49. The second-order valence-corrected chi connectivity index (χ2v) is 5.42. The van der Waals surface area contributed by atoms with Gasteiger partial charge in [-0.25, -0.2) is 0 Å². The maximum absolute atomic E-state index is 3.20. The van der Waals surface area contributed by atoms with Crippen LogP contribution in [-0.2, 0) is 5.41 Å². The Bertz CT molecular complexity index is 492. The summed E-state index contributed by atoms with van der Waals surface area (Å²) in [7, 11) is 1.98. The third-order valence-electron chi connectivity index (χ3n) is 3.78. The van der Waals surface area contributed by atoms with E-state index in [2.05, 4.69) is 62.6 Å². The van der Waals surface area contributed by atoms with Gasteiger partial charge in [0.05, 0.1) is 0 Å². The van der Waals surface area contributed by atoms with Gasteiger partial charge in [0.1, 0.15) is 0 Å². The van der Waals surface area contributed by atoms with Crippen molar-refractivity contribution in [2.45, 2.75) is 39.0 Å². The Balaban J connectivity index is 2.60. The largest absolute Gasteiger partial charge is 0.394 e. The van der Waals surface area contributed by atoms with Crippen molar-refractivity contribution in [2.75, 3.05) is 7.05 Å². The van der Waals surface area contributed by atoms with Gasteiger partial charge < -0.3 is 5.32 Å². The summed E-state index contributed by atoms with van der Waals surface area (Å²) in [5, 5.41) is 3.20. The van der Waals surface area contributed by atoms with Gasteiger partial charge in [-0.15, -0.1) is 0 Å². The lowest BCUT2D eigenvalue weighted by Crippen LogP contribution is -2.17. The fourth-order valence-corrected chi connectivity index (χ4v) is 2.80. The predicted octanol–water partition coefficient (Wildman–Crippen LogP) is 4.26. The van der Waals surface area contributed by atoms with Crippen molar-refractivity contribution in [3.8, 4) is 0 Å². The Kier molecular flexibility index (Phi) is 3.60. The van der Waals surface area contributed by atoms with E-state index in [4.69, 9.17) is 0 Å². The average Bonchev–Trinajstić information content (AvgIpc) is 2.58. The van der Waals surface area contributed by atoms with Gasteiger partial charge in [0, 0.05) is 18.7 Å². The number of fused-ring (bicyclic) bond motifs is 1. The molecule has 0 fully saturated rings. The smallest absolute Gasteiger partial charge is 0.0172 e. The van der Waals surface area contributed by atoms with E-state index in [0.717, 1.165) is 6.42 Å². The van der Waals surface area contributed by atoms with Crippen LogP contribution in [0, 0.1) is 0 Å². The van der Waals surface area contributed by atoms with Crippen LogP contribution in [0.4, 0.5) is 0 Å². The van der Waals surface area contributed by atoms with Crippen molar-refractivity contribution < 1.29 is 0 Å². The first kappa shape index (κ1) is 12.9. The fourth-order valence-electron chi connectivity index (χ4n) is 2.80. The molecule has 0 radical (unpaired) electrons. The fraction of sp³-hybridized carbons (Fsp3) is 0.412. The summed E-state index contributed by atoms with van der Waals surface area (Å²) in [6.45, 7) is 6.84. The molecule has 0 unspecified atom stereocenters. The van der Waals surface area contributed by atoms with Crippen LogP contribution in [0.1, 0.15) is 44.7 Å². The molecule has 0 saturated carbocycles. The van der Waals surface area contributed by atoms with Gasteiger partial charge in [-0.05, 0) is 28.7 Å². The second-order valence-electron chi connectivity index (χ2n) is 5.42. The van der Waals surface area contributed by atoms with Gasteiger partial charge in [0.15, 0.2) is 0 Å². The Morgan fingerprint density at radius 2 is 1.94 bits per heavy atom. The van der Waals surface area contributed by atoms with Gasteiger partial charge >= 0.3 is 0 Å². The highest BCUT2D eigenvalue weighted by molar-refractivity contribution is 5.89. The number of hydrogen-bond acceptors (Lipinski definition) is 1. The van der Waals surface area contributed by atoms with Crippen LogP contribution in [0.3, 0.4) is 0 Å². The van der Waals surface area contributed by atoms with E-state index in [9.17, 15) is 0 Å². The summed E-state index contributed by atoms with van der Waals surface area (Å²) in [4.78, 5) is 0. The van der Waals surface area contributed by atoms with Crippen molar-refractivity contribution in [2.24, 2.45) is 0 Å². The summed E-state index contributed by atoms with van der Waals surface area (Å²) in [5.74, 6) is 0. The Labute approximate surface area is 111 Å². The quantitative estimate of drug-likeness (QED) is 0.833. The van der Waals surface area contributed by atoms with Crippen LogP contribution >= 0.6 is 0 Å². The molecular weight excluding hydrogens is 218 g/mol. The van der Waals surface area contributed by atoms with Crippen molar-refractivity contribution in [3.63, 3.8) is 0 Å². The Hall–Kier alpha value is -1.50. The van der Waals surface area contributed by atoms with Gasteiger partial charge in [-0.3, -0.25) is 0 Å². The van der Waals surface area contributed by atoms with Crippen LogP contribution in [0.2, 0.25) is 0 Å². The van der Waals surface area contributed by atoms with Crippen LogP contribution < -0.4 is 5.32 Å². The summed E-state index contributed by atoms with van der Waals surface area (Å²) < 4.78 is 0. The SMILES string of the molecule is CCCC=C1/C(=C\NC)C(C)(C)c2ccccc21. The molecule has 1 N–H and O–H groups in total. The maximum atomic E-state index is 3.20. The predicted molar refractivity (Wildman–Crippen MR) is 79.5 cm³/mol. The van der Waals surface area contributed by atoms with Gasteiger partial charge in [-0.1, -0.05) is 57.5 Å². The van der Waals surface area contributed by atoms with Gasteiger partial charge in [-0.2, -0.15) is 0 Å². The third-order valence-corrected chi connectivity index (χ3v) is 3.78. The molecule has 0 atom stereocenters. The molecule has 0 heterocycles. The molecule has 0 saturated heterocycles. The van der Waals surface area contributed by atoms with Crippen LogP contribution in [0.5, 0.6) is 0 Å². The number of benzene rings is 1. The maximum Gasteiger partial charge on any atom is 0.0172 e. The first-order valence-electron chi connectivity index (χ1n) is 6.81. The Morgan fingerprint density at radius 1 is 1.22 bits per heavy atom. The highest BCUT2D eigenvalue weighted by atomic mass is 14.8. The molecule has 1 aromatic rings. The highest BCUT2D eigenvalue weighted by Gasteiger charge is 2.37. The molecule has 2 rings (SSSR count). The minimum atomic E-state index is 0.0964. The van der Waals surface area contributed by atoms with E-state index >= 15 is 0 Å². The first-order chi connectivity index (χ1) is 8.62. The lowest BCUT2D eigenvalue weighted by molar-refractivity contribution is 0.655. The molecule has 0 amide bonds. The van der Waals surface area contributed by atoms with E-state index in [1.54, 1.807) is 0 Å². The van der Waals surface area contributed by atoms with Gasteiger partial charge in [0.25, 0.3) is 0 Å². The number of rotatable bonds is 3. The average molecular weight is 241 g/mol. The number of allylic oxidation sites excluding steroid dienone is 3. The zero-order valence-electron chi connectivity index (χ0n) is 11.9. The summed E-state index contributed by atoms with van der Waals surface area (Å²) in [6.07, 6.45) is 6.87. The molecule has 0 bridgehead atoms. The first-order valence-corrected chi connectivity index (χ1v) is 6.81. The lowest BCUT2D eigenvalue weighted by Gasteiger charge is -2.21. The molecule has 1 nitrogen and oxygen atoms in total. The van der Waals surface area contributed by atoms with E-state index in [1.807, 2.05) is 7.05 Å². The summed E-state index contributed by atoms with van der Waals surface area (Å²) in [5.41, 5.74) is 5.75. The Morgan fingerprint density at radius 3 is 2.61 bits per heavy atom. The molecule has 1 heteroatoms. The molecule has 1 aliphatic carbocycles. The van der Waals surface area contributed by atoms with Gasteiger partial charge in [0.2, 0.25) is 0 Å². The molecule has 0 spiro atoms. The normalized spacial score (nSPS) is 21.3. The minimum absolute atomic E-state index is 0.0964. The van der Waals surface area contributed by atoms with E-state index in [0.29, 0.717) is 0 Å². The molecule has 1 aromatic carbocycles. The molecule has 0 aromatic heterocycles. The van der Waals surface area contributed by atoms with E-state index in [1.165, 1.54) is 28.7 Å². The third kappa shape index (κ3) is 1.98. The zero-order valence-corrected chi connectivity index (χ0v) is 11.9. The van der Waals surface area contributed by atoms with Crippen molar-refractivity contribution in [3.05, 3.63) is 53.2 Å². The molecule has 96 valence electrons. The van der Waals surface area contributed by atoms with Crippen LogP contribution in [0.15, 0.2) is 42.1 Å². The molecule has 1 aliphatic rings. The number of nitrogens with one attached hydrogen (secondary N) is 1. The standard InChI is InChI=1S/C17H23N/c1-5-6-9-14-13-10-7-8-11-15(13)17(2,3)16(14)12-18-4/h7-12,18H,5-6H2,1-4H3/b14-9?,16-12+. The number of unbranched alkanes of at least 4 members (excludes halogenated alkanes) is 1. The monoisotopic (exact) mass is 241 g/mol. The van der Waals surface area contributed by atoms with Crippen molar-refractivity contribution in [1.29, 1.82) is 0 Å². The zero-order chi connectivity index (χ0) is 13.2.